The maximum Gasteiger partial charge on any atom is 0.255 e. The predicted molar refractivity (Wildman–Crippen MR) is 78.5 cm³/mol. The molecule has 19 heavy (non-hydrogen) atoms. The number of benzene rings is 2. The van der Waals surface area contributed by atoms with Crippen LogP contribution in [-0.4, -0.2) is 5.91 Å². The van der Waals surface area contributed by atoms with Crippen LogP contribution in [0.4, 0.5) is 10.1 Å². The number of anilines is 1. The van der Waals surface area contributed by atoms with Crippen molar-refractivity contribution >= 4 is 50.7 Å². The van der Waals surface area contributed by atoms with Gasteiger partial charge in [0, 0.05) is 15.1 Å². The summed E-state index contributed by atoms with van der Waals surface area (Å²) in [5.41, 5.74) is 0.788. The van der Waals surface area contributed by atoms with Gasteiger partial charge in [0.05, 0.1) is 10.7 Å². The minimum atomic E-state index is -0.567. The first-order chi connectivity index (χ1) is 8.97. The van der Waals surface area contributed by atoms with Gasteiger partial charge in [-0.3, -0.25) is 4.79 Å². The summed E-state index contributed by atoms with van der Waals surface area (Å²) >= 11 is 14.8. The zero-order valence-corrected chi connectivity index (χ0v) is 12.5. The third-order valence-electron chi connectivity index (χ3n) is 2.36. The van der Waals surface area contributed by atoms with E-state index in [9.17, 15) is 9.18 Å². The summed E-state index contributed by atoms with van der Waals surface area (Å²) in [5, 5.41) is 3.06. The van der Waals surface area contributed by atoms with Gasteiger partial charge >= 0.3 is 0 Å². The molecule has 0 aliphatic rings. The van der Waals surface area contributed by atoms with Crippen LogP contribution in [0.25, 0.3) is 0 Å². The highest BCUT2D eigenvalue weighted by atomic mass is 79.9. The van der Waals surface area contributed by atoms with Crippen molar-refractivity contribution < 1.29 is 9.18 Å². The molecule has 1 amide bonds. The lowest BCUT2D eigenvalue weighted by molar-refractivity contribution is 0.102. The Labute approximate surface area is 127 Å². The van der Waals surface area contributed by atoms with Crippen molar-refractivity contribution in [2.75, 3.05) is 5.32 Å². The van der Waals surface area contributed by atoms with Gasteiger partial charge in [0.1, 0.15) is 5.82 Å². The smallest absolute Gasteiger partial charge is 0.255 e. The molecule has 1 N–H and O–H groups in total. The third kappa shape index (κ3) is 3.47. The Kier molecular flexibility index (Phi) is 4.45. The highest BCUT2D eigenvalue weighted by Crippen LogP contribution is 2.26. The SMILES string of the molecule is O=C(Nc1cc(Cl)ccc1Br)c1ccc(F)c(Cl)c1. The molecule has 0 unspecified atom stereocenters. The van der Waals surface area contributed by atoms with Gasteiger partial charge in [-0.25, -0.2) is 4.39 Å². The van der Waals surface area contributed by atoms with Crippen molar-refractivity contribution in [3.05, 3.63) is 62.3 Å². The van der Waals surface area contributed by atoms with E-state index < -0.39 is 11.7 Å². The second kappa shape index (κ2) is 5.90. The summed E-state index contributed by atoms with van der Waals surface area (Å²) in [6.45, 7) is 0. The number of carbonyl (C=O) groups is 1. The van der Waals surface area contributed by atoms with Gasteiger partial charge in [-0.1, -0.05) is 23.2 Å². The van der Waals surface area contributed by atoms with E-state index in [2.05, 4.69) is 21.2 Å². The highest BCUT2D eigenvalue weighted by Gasteiger charge is 2.11. The minimum absolute atomic E-state index is 0.0993. The molecule has 0 aromatic heterocycles. The fourth-order valence-electron chi connectivity index (χ4n) is 1.43. The molecule has 0 spiro atoms. The fraction of sp³-hybridized carbons (Fsp3) is 0. The molecule has 6 heteroatoms. The van der Waals surface area contributed by atoms with Gasteiger partial charge in [0.25, 0.3) is 5.91 Å². The first-order valence-corrected chi connectivity index (χ1v) is 6.74. The van der Waals surface area contributed by atoms with Crippen LogP contribution in [-0.2, 0) is 0 Å². The molecule has 2 nitrogen and oxygen atoms in total. The Morgan fingerprint density at radius 2 is 1.89 bits per heavy atom. The zero-order chi connectivity index (χ0) is 14.0. The van der Waals surface area contributed by atoms with Gasteiger partial charge in [0.15, 0.2) is 0 Å². The number of hydrogen-bond acceptors (Lipinski definition) is 1. The Morgan fingerprint density at radius 1 is 1.16 bits per heavy atom. The molecule has 0 bridgehead atoms. The van der Waals surface area contributed by atoms with Gasteiger partial charge in [-0.05, 0) is 52.3 Å². The predicted octanol–water partition coefficient (Wildman–Crippen LogP) is 5.15. The van der Waals surface area contributed by atoms with Gasteiger partial charge in [0.2, 0.25) is 0 Å². The van der Waals surface area contributed by atoms with Crippen molar-refractivity contribution in [2.24, 2.45) is 0 Å². The lowest BCUT2D eigenvalue weighted by Gasteiger charge is -2.08. The molecular formula is C13H7BrCl2FNO. The lowest BCUT2D eigenvalue weighted by Crippen LogP contribution is -2.12. The van der Waals surface area contributed by atoms with Crippen LogP contribution < -0.4 is 5.32 Å². The monoisotopic (exact) mass is 361 g/mol. The van der Waals surface area contributed by atoms with Crippen molar-refractivity contribution in [1.82, 2.24) is 0 Å². The van der Waals surface area contributed by atoms with E-state index in [1.807, 2.05) is 0 Å². The second-order valence-corrected chi connectivity index (χ2v) is 5.41. The maximum absolute atomic E-state index is 13.0. The standard InChI is InChI=1S/C13H7BrCl2FNO/c14-9-3-2-8(15)6-12(9)18-13(19)7-1-4-11(17)10(16)5-7/h1-6H,(H,18,19). The summed E-state index contributed by atoms with van der Waals surface area (Å²) < 4.78 is 13.7. The quantitative estimate of drug-likeness (QED) is 0.786. The molecule has 2 aromatic rings. The average Bonchev–Trinajstić information content (AvgIpc) is 2.37. The van der Waals surface area contributed by atoms with E-state index >= 15 is 0 Å². The largest absolute Gasteiger partial charge is 0.321 e. The summed E-state index contributed by atoms with van der Waals surface area (Å²) in [6.07, 6.45) is 0. The molecule has 0 fully saturated rings. The Morgan fingerprint density at radius 3 is 2.58 bits per heavy atom. The van der Waals surface area contributed by atoms with Crippen LogP contribution in [0.1, 0.15) is 10.4 Å². The number of nitrogens with one attached hydrogen (secondary N) is 1. The summed E-state index contributed by atoms with van der Waals surface area (Å²) in [5.74, 6) is -0.966. The van der Waals surface area contributed by atoms with Crippen molar-refractivity contribution in [3.63, 3.8) is 0 Å². The van der Waals surface area contributed by atoms with Crippen LogP contribution in [0.3, 0.4) is 0 Å². The highest BCUT2D eigenvalue weighted by molar-refractivity contribution is 9.10. The number of amides is 1. The molecule has 0 heterocycles. The van der Waals surface area contributed by atoms with Gasteiger partial charge in [-0.2, -0.15) is 0 Å². The second-order valence-electron chi connectivity index (χ2n) is 3.71. The molecular weight excluding hydrogens is 356 g/mol. The van der Waals surface area contributed by atoms with Crippen LogP contribution >= 0.6 is 39.1 Å². The first-order valence-electron chi connectivity index (χ1n) is 5.19. The van der Waals surface area contributed by atoms with E-state index in [4.69, 9.17) is 23.2 Å². The fourth-order valence-corrected chi connectivity index (χ4v) is 2.12. The molecule has 0 saturated heterocycles. The molecule has 2 rings (SSSR count). The summed E-state index contributed by atoms with van der Waals surface area (Å²) in [6, 6.07) is 8.78. The van der Waals surface area contributed by atoms with E-state index in [1.165, 1.54) is 12.1 Å². The van der Waals surface area contributed by atoms with Crippen LogP contribution in [0.5, 0.6) is 0 Å². The Hall–Kier alpha value is -1.10. The lowest BCUT2D eigenvalue weighted by atomic mass is 10.2. The van der Waals surface area contributed by atoms with Gasteiger partial charge < -0.3 is 5.32 Å². The zero-order valence-electron chi connectivity index (χ0n) is 9.38. The molecule has 0 aliphatic carbocycles. The van der Waals surface area contributed by atoms with Crippen LogP contribution in [0.2, 0.25) is 10.0 Å². The molecule has 2 aromatic carbocycles. The van der Waals surface area contributed by atoms with E-state index in [1.54, 1.807) is 18.2 Å². The number of hydrogen-bond donors (Lipinski definition) is 1. The number of rotatable bonds is 2. The molecule has 0 aliphatic heterocycles. The summed E-state index contributed by atoms with van der Waals surface area (Å²) in [7, 11) is 0. The Bertz CT molecular complexity index is 649. The minimum Gasteiger partial charge on any atom is -0.321 e. The van der Waals surface area contributed by atoms with Crippen LogP contribution in [0, 0.1) is 5.82 Å². The van der Waals surface area contributed by atoms with Crippen molar-refractivity contribution in [2.45, 2.75) is 0 Å². The topological polar surface area (TPSA) is 29.1 Å². The van der Waals surface area contributed by atoms with Crippen LogP contribution in [0.15, 0.2) is 40.9 Å². The Balaban J connectivity index is 2.25. The summed E-state index contributed by atoms with van der Waals surface area (Å²) in [4.78, 5) is 12.0. The molecule has 0 atom stereocenters. The van der Waals surface area contributed by atoms with Crippen molar-refractivity contribution in [3.8, 4) is 0 Å². The first kappa shape index (κ1) is 14.3. The number of halogens is 4. The molecule has 98 valence electrons. The van der Waals surface area contributed by atoms with Gasteiger partial charge in [-0.15, -0.1) is 0 Å². The average molecular weight is 363 g/mol. The molecule has 0 saturated carbocycles. The van der Waals surface area contributed by atoms with E-state index in [0.717, 1.165) is 6.07 Å². The third-order valence-corrected chi connectivity index (χ3v) is 3.57. The number of carbonyl (C=O) groups excluding carboxylic acids is 1. The van der Waals surface area contributed by atoms with E-state index in [0.29, 0.717) is 15.2 Å². The molecule has 0 radical (unpaired) electrons. The normalized spacial score (nSPS) is 10.3. The van der Waals surface area contributed by atoms with Crippen molar-refractivity contribution in [1.29, 1.82) is 0 Å². The maximum atomic E-state index is 13.0. The van der Waals surface area contributed by atoms with E-state index in [-0.39, 0.29) is 10.6 Å².